The van der Waals surface area contributed by atoms with Crippen LogP contribution in [0.15, 0.2) is 24.4 Å². The maximum absolute atomic E-state index is 4.40. The summed E-state index contributed by atoms with van der Waals surface area (Å²) in [6, 6.07) is 4.33. The molecule has 0 aromatic carbocycles. The molecule has 1 aromatic heterocycles. The molecular weight excluding hydrogens is 208 g/mol. The fourth-order valence-corrected chi connectivity index (χ4v) is 3.08. The SMILES string of the molecule is Cc1ccc(C2=CC[C@@H]3CCNC[C@@H]3C2)cn1. The summed E-state index contributed by atoms with van der Waals surface area (Å²) in [5.74, 6) is 1.75. The van der Waals surface area contributed by atoms with Crippen LogP contribution in [0, 0.1) is 18.8 Å². The molecule has 17 heavy (non-hydrogen) atoms. The van der Waals surface area contributed by atoms with E-state index in [1.54, 1.807) is 0 Å². The molecule has 2 aliphatic rings. The second kappa shape index (κ2) is 4.61. The summed E-state index contributed by atoms with van der Waals surface area (Å²) in [6.07, 6.45) is 8.30. The number of hydrogen-bond acceptors (Lipinski definition) is 2. The third kappa shape index (κ3) is 2.27. The maximum Gasteiger partial charge on any atom is 0.0373 e. The first-order valence-corrected chi connectivity index (χ1v) is 6.66. The molecule has 0 amide bonds. The average molecular weight is 228 g/mol. The van der Waals surface area contributed by atoms with Crippen LogP contribution in [0.1, 0.15) is 30.5 Å². The Morgan fingerprint density at radius 3 is 3.06 bits per heavy atom. The van der Waals surface area contributed by atoms with Crippen molar-refractivity contribution >= 4 is 5.57 Å². The minimum atomic E-state index is 0.838. The van der Waals surface area contributed by atoms with Crippen molar-refractivity contribution < 1.29 is 0 Å². The summed E-state index contributed by atoms with van der Waals surface area (Å²) in [5, 5.41) is 3.52. The van der Waals surface area contributed by atoms with Gasteiger partial charge in [-0.25, -0.2) is 0 Å². The Kier molecular flexibility index (Phi) is 2.98. The topological polar surface area (TPSA) is 24.9 Å². The predicted octanol–water partition coefficient (Wildman–Crippen LogP) is 2.79. The Morgan fingerprint density at radius 2 is 2.24 bits per heavy atom. The van der Waals surface area contributed by atoms with E-state index < -0.39 is 0 Å². The summed E-state index contributed by atoms with van der Waals surface area (Å²) in [4.78, 5) is 4.40. The van der Waals surface area contributed by atoms with Gasteiger partial charge >= 0.3 is 0 Å². The molecule has 1 N–H and O–H groups in total. The lowest BCUT2D eigenvalue weighted by Gasteiger charge is -2.35. The van der Waals surface area contributed by atoms with E-state index in [0.717, 1.165) is 17.5 Å². The lowest BCUT2D eigenvalue weighted by Crippen LogP contribution is -2.37. The number of nitrogens with zero attached hydrogens (tertiary/aromatic N) is 1. The van der Waals surface area contributed by atoms with Crippen molar-refractivity contribution in [2.75, 3.05) is 13.1 Å². The Bertz CT molecular complexity index is 419. The molecule has 3 rings (SSSR count). The van der Waals surface area contributed by atoms with Gasteiger partial charge in [0.2, 0.25) is 0 Å². The van der Waals surface area contributed by atoms with Crippen molar-refractivity contribution in [3.8, 4) is 0 Å². The highest BCUT2D eigenvalue weighted by atomic mass is 14.9. The minimum Gasteiger partial charge on any atom is -0.316 e. The van der Waals surface area contributed by atoms with Gasteiger partial charge in [0.25, 0.3) is 0 Å². The van der Waals surface area contributed by atoms with E-state index in [1.165, 1.54) is 43.5 Å². The van der Waals surface area contributed by atoms with Crippen LogP contribution in [0.3, 0.4) is 0 Å². The van der Waals surface area contributed by atoms with E-state index in [-0.39, 0.29) is 0 Å². The molecule has 1 aliphatic heterocycles. The van der Waals surface area contributed by atoms with E-state index in [4.69, 9.17) is 0 Å². The van der Waals surface area contributed by atoms with Crippen LogP contribution in [0.4, 0.5) is 0 Å². The number of allylic oxidation sites excluding steroid dienone is 2. The van der Waals surface area contributed by atoms with Crippen LogP contribution in [0.2, 0.25) is 0 Å². The van der Waals surface area contributed by atoms with Gasteiger partial charge in [0, 0.05) is 11.9 Å². The van der Waals surface area contributed by atoms with Gasteiger partial charge in [0.1, 0.15) is 0 Å². The molecule has 90 valence electrons. The Hall–Kier alpha value is -1.15. The summed E-state index contributed by atoms with van der Waals surface area (Å²) in [5.41, 5.74) is 3.92. The van der Waals surface area contributed by atoms with Gasteiger partial charge in [0.15, 0.2) is 0 Å². The van der Waals surface area contributed by atoms with Gasteiger partial charge in [-0.15, -0.1) is 0 Å². The highest BCUT2D eigenvalue weighted by Crippen LogP contribution is 2.37. The summed E-state index contributed by atoms with van der Waals surface area (Å²) >= 11 is 0. The molecule has 2 heterocycles. The fraction of sp³-hybridized carbons (Fsp3) is 0.533. The number of hydrogen-bond donors (Lipinski definition) is 1. The number of rotatable bonds is 1. The largest absolute Gasteiger partial charge is 0.316 e. The zero-order valence-corrected chi connectivity index (χ0v) is 10.4. The third-order valence-corrected chi connectivity index (χ3v) is 4.20. The zero-order chi connectivity index (χ0) is 11.7. The summed E-state index contributed by atoms with van der Waals surface area (Å²) < 4.78 is 0. The van der Waals surface area contributed by atoms with Gasteiger partial charge in [0.05, 0.1) is 0 Å². The monoisotopic (exact) mass is 228 g/mol. The molecule has 2 atom stereocenters. The van der Waals surface area contributed by atoms with Crippen LogP contribution in [-0.4, -0.2) is 18.1 Å². The van der Waals surface area contributed by atoms with Crippen molar-refractivity contribution in [2.45, 2.75) is 26.2 Å². The Morgan fingerprint density at radius 1 is 1.29 bits per heavy atom. The minimum absolute atomic E-state index is 0.838. The fourth-order valence-electron chi connectivity index (χ4n) is 3.08. The van der Waals surface area contributed by atoms with Crippen LogP contribution >= 0.6 is 0 Å². The van der Waals surface area contributed by atoms with Crippen molar-refractivity contribution in [1.82, 2.24) is 10.3 Å². The molecule has 1 fully saturated rings. The molecule has 0 spiro atoms. The van der Waals surface area contributed by atoms with E-state index in [0.29, 0.717) is 0 Å². The first-order valence-electron chi connectivity index (χ1n) is 6.66. The molecule has 1 saturated heterocycles. The molecule has 1 aromatic rings. The van der Waals surface area contributed by atoms with Gasteiger partial charge in [-0.05, 0) is 68.3 Å². The van der Waals surface area contributed by atoms with Gasteiger partial charge in [-0.3, -0.25) is 4.98 Å². The van der Waals surface area contributed by atoms with Crippen LogP contribution in [0.25, 0.3) is 5.57 Å². The molecule has 0 unspecified atom stereocenters. The van der Waals surface area contributed by atoms with E-state index in [9.17, 15) is 0 Å². The first kappa shape index (κ1) is 11.0. The lowest BCUT2D eigenvalue weighted by molar-refractivity contribution is 0.252. The third-order valence-electron chi connectivity index (χ3n) is 4.20. The van der Waals surface area contributed by atoms with Gasteiger partial charge in [-0.2, -0.15) is 0 Å². The van der Waals surface area contributed by atoms with Crippen LogP contribution < -0.4 is 5.32 Å². The maximum atomic E-state index is 4.40. The zero-order valence-electron chi connectivity index (χ0n) is 10.4. The Balaban J connectivity index is 1.80. The molecule has 0 bridgehead atoms. The first-order chi connectivity index (χ1) is 8.33. The molecular formula is C15H20N2. The highest BCUT2D eigenvalue weighted by molar-refractivity contribution is 5.66. The molecule has 1 aliphatic carbocycles. The van der Waals surface area contributed by atoms with E-state index in [2.05, 4.69) is 28.5 Å². The normalized spacial score (nSPS) is 28.4. The van der Waals surface area contributed by atoms with Crippen molar-refractivity contribution in [1.29, 1.82) is 0 Å². The van der Waals surface area contributed by atoms with Crippen molar-refractivity contribution in [3.63, 3.8) is 0 Å². The smallest absolute Gasteiger partial charge is 0.0373 e. The summed E-state index contributed by atoms with van der Waals surface area (Å²) in [7, 11) is 0. The van der Waals surface area contributed by atoms with Crippen LogP contribution in [0.5, 0.6) is 0 Å². The number of nitrogens with one attached hydrogen (secondary N) is 1. The predicted molar refractivity (Wildman–Crippen MR) is 70.7 cm³/mol. The second-order valence-corrected chi connectivity index (χ2v) is 5.37. The van der Waals surface area contributed by atoms with Crippen molar-refractivity contribution in [3.05, 3.63) is 35.7 Å². The summed E-state index contributed by atoms with van der Waals surface area (Å²) in [6.45, 7) is 4.44. The quantitative estimate of drug-likeness (QED) is 0.799. The molecule has 0 radical (unpaired) electrons. The Labute approximate surface area is 103 Å². The second-order valence-electron chi connectivity index (χ2n) is 5.37. The number of pyridine rings is 1. The average Bonchev–Trinajstić information content (AvgIpc) is 2.39. The molecule has 2 nitrogen and oxygen atoms in total. The standard InChI is InChI=1S/C15H20N2/c1-11-2-3-14(10-17-11)13-5-4-12-6-7-16-9-15(12)8-13/h2-3,5,10,12,15-16H,4,6-9H2,1H3/t12-,15+/m1/s1. The molecule has 0 saturated carbocycles. The highest BCUT2D eigenvalue weighted by Gasteiger charge is 2.28. The van der Waals surface area contributed by atoms with Gasteiger partial charge in [-0.1, -0.05) is 12.1 Å². The van der Waals surface area contributed by atoms with E-state index in [1.807, 2.05) is 13.1 Å². The number of aryl methyl sites for hydroxylation is 1. The van der Waals surface area contributed by atoms with Crippen LogP contribution in [-0.2, 0) is 0 Å². The van der Waals surface area contributed by atoms with Gasteiger partial charge < -0.3 is 5.32 Å². The van der Waals surface area contributed by atoms with E-state index >= 15 is 0 Å². The van der Waals surface area contributed by atoms with Crippen molar-refractivity contribution in [2.24, 2.45) is 11.8 Å². The lowest BCUT2D eigenvalue weighted by atomic mass is 9.75. The number of aromatic nitrogens is 1. The number of fused-ring (bicyclic) bond motifs is 1. The number of piperidine rings is 1. The molecule has 2 heteroatoms.